The summed E-state index contributed by atoms with van der Waals surface area (Å²) in [6.07, 6.45) is 5.12. The summed E-state index contributed by atoms with van der Waals surface area (Å²) >= 11 is 0. The van der Waals surface area contributed by atoms with Crippen LogP contribution in [0.4, 0.5) is 0 Å². The Kier molecular flexibility index (Phi) is 5.41. The van der Waals surface area contributed by atoms with E-state index in [2.05, 4.69) is 4.98 Å². The first-order valence-electron chi connectivity index (χ1n) is 8.33. The van der Waals surface area contributed by atoms with E-state index in [0.717, 1.165) is 11.4 Å². The first kappa shape index (κ1) is 18.8. The fourth-order valence-corrected chi connectivity index (χ4v) is 3.89. The standard InChI is InChI=1S/C20H20N2O4S/c1-26-20(23)17-8-5-6-15(12-17)14-22-11-10-21-19(22)13-16-7-3-4-9-18(16)27(2,24)25/h3-12H,13-14H2,1-2H3. The van der Waals surface area contributed by atoms with Gasteiger partial charge in [0.15, 0.2) is 9.84 Å². The SMILES string of the molecule is COC(=O)c1cccc(Cn2ccnc2Cc2ccccc2S(C)(=O)=O)c1. The van der Waals surface area contributed by atoms with E-state index in [1.54, 1.807) is 42.6 Å². The van der Waals surface area contributed by atoms with Crippen LogP contribution in [-0.2, 0) is 27.5 Å². The van der Waals surface area contributed by atoms with Gasteiger partial charge >= 0.3 is 5.97 Å². The quantitative estimate of drug-likeness (QED) is 0.611. The lowest BCUT2D eigenvalue weighted by Crippen LogP contribution is -2.09. The van der Waals surface area contributed by atoms with E-state index in [-0.39, 0.29) is 5.97 Å². The maximum Gasteiger partial charge on any atom is 0.337 e. The topological polar surface area (TPSA) is 78.3 Å². The molecule has 0 radical (unpaired) electrons. The van der Waals surface area contributed by atoms with Crippen LogP contribution in [0.1, 0.15) is 27.3 Å². The van der Waals surface area contributed by atoms with Gasteiger partial charge in [0.1, 0.15) is 5.82 Å². The number of carbonyl (C=O) groups excluding carboxylic acids is 1. The molecule has 1 heterocycles. The molecule has 0 aliphatic rings. The molecule has 0 aliphatic heterocycles. The molecule has 1 aromatic heterocycles. The number of hydrogen-bond acceptors (Lipinski definition) is 5. The number of sulfone groups is 1. The summed E-state index contributed by atoms with van der Waals surface area (Å²) < 4.78 is 30.7. The van der Waals surface area contributed by atoms with Crippen LogP contribution in [0.15, 0.2) is 65.8 Å². The van der Waals surface area contributed by atoms with Crippen LogP contribution < -0.4 is 0 Å². The van der Waals surface area contributed by atoms with Crippen molar-refractivity contribution in [2.75, 3.05) is 13.4 Å². The summed E-state index contributed by atoms with van der Waals surface area (Å²) in [5, 5.41) is 0. The van der Waals surface area contributed by atoms with Crippen molar-refractivity contribution in [3.63, 3.8) is 0 Å². The van der Waals surface area contributed by atoms with Gasteiger partial charge in [-0.2, -0.15) is 0 Å². The maximum atomic E-state index is 12.0. The summed E-state index contributed by atoms with van der Waals surface area (Å²) in [7, 11) is -1.97. The van der Waals surface area contributed by atoms with Gasteiger partial charge in [0, 0.05) is 31.6 Å². The largest absolute Gasteiger partial charge is 0.465 e. The lowest BCUT2D eigenvalue weighted by Gasteiger charge is -2.11. The van der Waals surface area contributed by atoms with Gasteiger partial charge < -0.3 is 9.30 Å². The van der Waals surface area contributed by atoms with Gasteiger partial charge in [-0.05, 0) is 29.3 Å². The summed E-state index contributed by atoms with van der Waals surface area (Å²) in [5.74, 6) is 0.361. The van der Waals surface area contributed by atoms with Crippen LogP contribution in [0.5, 0.6) is 0 Å². The van der Waals surface area contributed by atoms with Crippen molar-refractivity contribution in [1.29, 1.82) is 0 Å². The Bertz CT molecular complexity index is 1070. The zero-order valence-corrected chi connectivity index (χ0v) is 15.9. The van der Waals surface area contributed by atoms with Crippen LogP contribution in [0.25, 0.3) is 0 Å². The molecule has 2 aromatic carbocycles. The Morgan fingerprint density at radius 3 is 2.67 bits per heavy atom. The molecule has 7 heteroatoms. The number of carbonyl (C=O) groups is 1. The van der Waals surface area contributed by atoms with Gasteiger partial charge in [0.05, 0.1) is 17.6 Å². The maximum absolute atomic E-state index is 12.0. The summed E-state index contributed by atoms with van der Waals surface area (Å²) in [6.45, 7) is 0.515. The Morgan fingerprint density at radius 1 is 1.15 bits per heavy atom. The highest BCUT2D eigenvalue weighted by Crippen LogP contribution is 2.19. The zero-order chi connectivity index (χ0) is 19.4. The smallest absolute Gasteiger partial charge is 0.337 e. The van der Waals surface area contributed by atoms with E-state index in [9.17, 15) is 13.2 Å². The minimum Gasteiger partial charge on any atom is -0.465 e. The molecule has 0 amide bonds. The summed E-state index contributed by atoms with van der Waals surface area (Å²) in [6, 6.07) is 14.1. The van der Waals surface area contributed by atoms with Crippen LogP contribution in [0.2, 0.25) is 0 Å². The number of benzene rings is 2. The van der Waals surface area contributed by atoms with Crippen molar-refractivity contribution in [2.45, 2.75) is 17.9 Å². The molecule has 0 fully saturated rings. The van der Waals surface area contributed by atoms with Gasteiger partial charge in [-0.25, -0.2) is 18.2 Å². The number of esters is 1. The van der Waals surface area contributed by atoms with Crippen molar-refractivity contribution in [3.8, 4) is 0 Å². The number of ether oxygens (including phenoxy) is 1. The van der Waals surface area contributed by atoms with Crippen molar-refractivity contribution < 1.29 is 17.9 Å². The van der Waals surface area contributed by atoms with Crippen molar-refractivity contribution in [2.24, 2.45) is 0 Å². The van der Waals surface area contributed by atoms with E-state index in [1.165, 1.54) is 13.4 Å². The zero-order valence-electron chi connectivity index (χ0n) is 15.1. The molecule has 0 saturated carbocycles. The molecule has 0 unspecified atom stereocenters. The number of rotatable bonds is 6. The van der Waals surface area contributed by atoms with E-state index in [1.807, 2.05) is 22.9 Å². The lowest BCUT2D eigenvalue weighted by molar-refractivity contribution is 0.0600. The molecule has 140 valence electrons. The third kappa shape index (κ3) is 4.43. The number of imidazole rings is 1. The highest BCUT2D eigenvalue weighted by atomic mass is 32.2. The third-order valence-corrected chi connectivity index (χ3v) is 5.42. The van der Waals surface area contributed by atoms with Gasteiger partial charge in [-0.1, -0.05) is 30.3 Å². The van der Waals surface area contributed by atoms with Gasteiger partial charge in [0.2, 0.25) is 0 Å². The first-order valence-corrected chi connectivity index (χ1v) is 10.2. The molecule has 0 spiro atoms. The molecule has 6 nitrogen and oxygen atoms in total. The second-order valence-electron chi connectivity index (χ2n) is 6.22. The Morgan fingerprint density at radius 2 is 1.93 bits per heavy atom. The minimum absolute atomic E-state index is 0.312. The van der Waals surface area contributed by atoms with Crippen molar-refractivity contribution in [3.05, 3.63) is 83.4 Å². The van der Waals surface area contributed by atoms with Gasteiger partial charge in [0.25, 0.3) is 0 Å². The predicted octanol–water partition coefficient (Wildman–Crippen LogP) is 2.71. The molecule has 0 saturated heterocycles. The summed E-state index contributed by atoms with van der Waals surface area (Å²) in [4.78, 5) is 16.4. The molecular formula is C20H20N2O4S. The molecule has 3 aromatic rings. The lowest BCUT2D eigenvalue weighted by atomic mass is 10.1. The monoisotopic (exact) mass is 384 g/mol. The second kappa shape index (κ2) is 7.75. The van der Waals surface area contributed by atoms with Gasteiger partial charge in [-0.3, -0.25) is 0 Å². The van der Waals surface area contributed by atoms with E-state index in [4.69, 9.17) is 4.74 Å². The highest BCUT2D eigenvalue weighted by Gasteiger charge is 2.15. The minimum atomic E-state index is -3.31. The second-order valence-corrected chi connectivity index (χ2v) is 8.20. The van der Waals surface area contributed by atoms with Crippen LogP contribution in [-0.4, -0.2) is 37.3 Å². The fraction of sp³-hybridized carbons (Fsp3) is 0.200. The Labute approximate surface area is 158 Å². The van der Waals surface area contributed by atoms with Crippen LogP contribution in [0.3, 0.4) is 0 Å². The molecule has 0 N–H and O–H groups in total. The average Bonchev–Trinajstić information content (AvgIpc) is 3.07. The molecule has 27 heavy (non-hydrogen) atoms. The average molecular weight is 384 g/mol. The number of nitrogens with zero attached hydrogens (tertiary/aromatic N) is 2. The molecule has 0 atom stereocenters. The van der Waals surface area contributed by atoms with E-state index < -0.39 is 9.84 Å². The van der Waals surface area contributed by atoms with Crippen molar-refractivity contribution >= 4 is 15.8 Å². The Hall–Kier alpha value is -2.93. The normalized spacial score (nSPS) is 11.3. The van der Waals surface area contributed by atoms with Crippen molar-refractivity contribution in [1.82, 2.24) is 9.55 Å². The van der Waals surface area contributed by atoms with Crippen LogP contribution in [0, 0.1) is 0 Å². The fourth-order valence-electron chi connectivity index (χ4n) is 2.94. The predicted molar refractivity (Wildman–Crippen MR) is 101 cm³/mol. The van der Waals surface area contributed by atoms with Crippen LogP contribution >= 0.6 is 0 Å². The molecule has 3 rings (SSSR count). The van der Waals surface area contributed by atoms with E-state index in [0.29, 0.717) is 29.0 Å². The summed E-state index contributed by atoms with van der Waals surface area (Å²) in [5.41, 5.74) is 2.11. The molecular weight excluding hydrogens is 364 g/mol. The number of methoxy groups -OCH3 is 1. The molecule has 0 bridgehead atoms. The Balaban J connectivity index is 1.87. The number of hydrogen-bond donors (Lipinski definition) is 0. The highest BCUT2D eigenvalue weighted by molar-refractivity contribution is 7.90. The van der Waals surface area contributed by atoms with Gasteiger partial charge in [-0.15, -0.1) is 0 Å². The van der Waals surface area contributed by atoms with E-state index >= 15 is 0 Å². The molecule has 0 aliphatic carbocycles. The third-order valence-electron chi connectivity index (χ3n) is 4.22. The first-order chi connectivity index (χ1) is 12.9. The number of aromatic nitrogens is 2.